The van der Waals surface area contributed by atoms with Crippen LogP contribution in [0.5, 0.6) is 5.75 Å². The molecule has 0 amide bonds. The van der Waals surface area contributed by atoms with Crippen LogP contribution < -0.4 is 0 Å². The Kier molecular flexibility index (Phi) is 3.01. The average molecular weight is 217 g/mol. The number of phenolic OH excluding ortho intramolecular Hbond substituents is 1. The van der Waals surface area contributed by atoms with Crippen molar-refractivity contribution in [3.63, 3.8) is 0 Å². The molecule has 1 saturated heterocycles. The predicted molar refractivity (Wildman–Crippen MR) is 66.7 cm³/mol. The first-order valence-corrected chi connectivity index (χ1v) is 5.77. The molecule has 1 aromatic rings. The van der Waals surface area contributed by atoms with Gasteiger partial charge >= 0.3 is 0 Å². The molecule has 1 N–H and O–H groups in total. The lowest BCUT2D eigenvalue weighted by atomic mass is 9.82. The largest absolute Gasteiger partial charge is 0.508 e. The number of hydrogen-bond acceptors (Lipinski definition) is 2. The number of rotatable bonds is 3. The maximum atomic E-state index is 9.53. The Morgan fingerprint density at radius 3 is 3.06 bits per heavy atom. The Morgan fingerprint density at radius 2 is 2.38 bits per heavy atom. The van der Waals surface area contributed by atoms with Crippen molar-refractivity contribution in [2.24, 2.45) is 0 Å². The van der Waals surface area contributed by atoms with Gasteiger partial charge in [-0.1, -0.05) is 25.1 Å². The summed E-state index contributed by atoms with van der Waals surface area (Å²) < 4.78 is 0. The summed E-state index contributed by atoms with van der Waals surface area (Å²) >= 11 is 0. The van der Waals surface area contributed by atoms with Gasteiger partial charge in [-0.05, 0) is 30.7 Å². The maximum absolute atomic E-state index is 9.53. The third-order valence-electron chi connectivity index (χ3n) is 3.48. The summed E-state index contributed by atoms with van der Waals surface area (Å²) in [6, 6.07) is 7.64. The highest BCUT2D eigenvalue weighted by Crippen LogP contribution is 2.35. The van der Waals surface area contributed by atoms with Crippen LogP contribution >= 0.6 is 0 Å². The van der Waals surface area contributed by atoms with Crippen molar-refractivity contribution in [1.29, 1.82) is 0 Å². The number of aromatic hydroxyl groups is 1. The number of benzene rings is 1. The van der Waals surface area contributed by atoms with Crippen molar-refractivity contribution in [2.75, 3.05) is 19.6 Å². The second kappa shape index (κ2) is 4.30. The van der Waals surface area contributed by atoms with Gasteiger partial charge in [0.25, 0.3) is 0 Å². The lowest BCUT2D eigenvalue weighted by Crippen LogP contribution is -2.28. The van der Waals surface area contributed by atoms with Crippen molar-refractivity contribution >= 4 is 0 Å². The van der Waals surface area contributed by atoms with Gasteiger partial charge in [0.05, 0.1) is 0 Å². The second-order valence-electron chi connectivity index (χ2n) is 4.88. The second-order valence-corrected chi connectivity index (χ2v) is 4.88. The fraction of sp³-hybridized carbons (Fsp3) is 0.429. The van der Waals surface area contributed by atoms with Gasteiger partial charge in [0.1, 0.15) is 5.75 Å². The molecule has 2 nitrogen and oxygen atoms in total. The van der Waals surface area contributed by atoms with E-state index >= 15 is 0 Å². The molecule has 16 heavy (non-hydrogen) atoms. The summed E-state index contributed by atoms with van der Waals surface area (Å²) in [5.41, 5.74) is 1.40. The molecule has 0 saturated carbocycles. The molecule has 1 aliphatic heterocycles. The van der Waals surface area contributed by atoms with Crippen LogP contribution in [-0.4, -0.2) is 29.6 Å². The highest BCUT2D eigenvalue weighted by Gasteiger charge is 2.34. The summed E-state index contributed by atoms with van der Waals surface area (Å²) in [5.74, 6) is 0.362. The Balaban J connectivity index is 2.18. The van der Waals surface area contributed by atoms with Crippen molar-refractivity contribution in [3.8, 4) is 5.75 Å². The first-order valence-electron chi connectivity index (χ1n) is 5.77. The van der Waals surface area contributed by atoms with Gasteiger partial charge in [-0.3, -0.25) is 4.90 Å². The first kappa shape index (κ1) is 11.2. The van der Waals surface area contributed by atoms with Gasteiger partial charge in [-0.15, -0.1) is 6.58 Å². The van der Waals surface area contributed by atoms with E-state index in [1.54, 1.807) is 6.07 Å². The van der Waals surface area contributed by atoms with Crippen LogP contribution in [0.4, 0.5) is 0 Å². The zero-order valence-electron chi connectivity index (χ0n) is 9.82. The van der Waals surface area contributed by atoms with Gasteiger partial charge in [0, 0.05) is 18.5 Å². The molecule has 0 bridgehead atoms. The molecule has 1 atom stereocenters. The third-order valence-corrected chi connectivity index (χ3v) is 3.48. The molecule has 0 aliphatic carbocycles. The summed E-state index contributed by atoms with van der Waals surface area (Å²) in [7, 11) is 0. The predicted octanol–water partition coefficient (Wildman–Crippen LogP) is 2.54. The van der Waals surface area contributed by atoms with Crippen molar-refractivity contribution in [2.45, 2.75) is 18.8 Å². The molecular weight excluding hydrogens is 198 g/mol. The number of nitrogens with zero attached hydrogens (tertiary/aromatic N) is 1. The Labute approximate surface area is 97.2 Å². The molecule has 0 spiro atoms. The normalized spacial score (nSPS) is 25.8. The Hall–Kier alpha value is -1.28. The minimum atomic E-state index is 0.168. The summed E-state index contributed by atoms with van der Waals surface area (Å²) in [4.78, 5) is 2.40. The van der Waals surface area contributed by atoms with Gasteiger partial charge in [-0.2, -0.15) is 0 Å². The lowest BCUT2D eigenvalue weighted by Gasteiger charge is -2.25. The van der Waals surface area contributed by atoms with Crippen LogP contribution in [0.1, 0.15) is 18.9 Å². The molecule has 0 aromatic heterocycles. The molecule has 1 fully saturated rings. The maximum Gasteiger partial charge on any atom is 0.115 e. The molecule has 1 aliphatic rings. The van der Waals surface area contributed by atoms with Crippen LogP contribution in [0.15, 0.2) is 36.9 Å². The van der Waals surface area contributed by atoms with Gasteiger partial charge < -0.3 is 5.11 Å². The highest BCUT2D eigenvalue weighted by atomic mass is 16.3. The van der Waals surface area contributed by atoms with E-state index in [2.05, 4.69) is 24.5 Å². The van der Waals surface area contributed by atoms with Gasteiger partial charge in [-0.25, -0.2) is 0 Å². The molecule has 2 rings (SSSR count). The molecule has 1 aromatic carbocycles. The SMILES string of the molecule is C=CCN1CC[C@@](C)(c2cccc(O)c2)C1. The minimum Gasteiger partial charge on any atom is -0.508 e. The molecule has 0 radical (unpaired) electrons. The minimum absolute atomic E-state index is 0.168. The molecular formula is C14H19NO. The molecule has 86 valence electrons. The third kappa shape index (κ3) is 2.12. The van der Waals surface area contributed by atoms with Crippen molar-refractivity contribution in [3.05, 3.63) is 42.5 Å². The van der Waals surface area contributed by atoms with E-state index in [9.17, 15) is 5.11 Å². The van der Waals surface area contributed by atoms with E-state index in [1.807, 2.05) is 18.2 Å². The standard InChI is InChI=1S/C14H19NO/c1-3-8-15-9-7-14(2,11-15)12-5-4-6-13(16)10-12/h3-6,10,16H,1,7-9,11H2,2H3/t14-/m1/s1. The van der Waals surface area contributed by atoms with Crippen LogP contribution in [0.25, 0.3) is 0 Å². The van der Waals surface area contributed by atoms with E-state index in [-0.39, 0.29) is 5.41 Å². The van der Waals surface area contributed by atoms with Crippen LogP contribution in [0, 0.1) is 0 Å². The zero-order valence-corrected chi connectivity index (χ0v) is 9.82. The quantitative estimate of drug-likeness (QED) is 0.786. The first-order chi connectivity index (χ1) is 7.64. The van der Waals surface area contributed by atoms with Crippen molar-refractivity contribution < 1.29 is 5.11 Å². The smallest absolute Gasteiger partial charge is 0.115 e. The van der Waals surface area contributed by atoms with Crippen LogP contribution in [0.2, 0.25) is 0 Å². The molecule has 0 unspecified atom stereocenters. The average Bonchev–Trinajstić information content (AvgIpc) is 2.62. The van der Waals surface area contributed by atoms with Crippen molar-refractivity contribution in [1.82, 2.24) is 4.90 Å². The van der Waals surface area contributed by atoms with E-state index < -0.39 is 0 Å². The van der Waals surface area contributed by atoms with E-state index in [0.29, 0.717) is 5.75 Å². The zero-order chi connectivity index (χ0) is 11.6. The highest BCUT2D eigenvalue weighted by molar-refractivity contribution is 5.33. The summed E-state index contributed by atoms with van der Waals surface area (Å²) in [6.45, 7) is 9.15. The number of hydrogen-bond donors (Lipinski definition) is 1. The summed E-state index contributed by atoms with van der Waals surface area (Å²) in [6.07, 6.45) is 3.10. The van der Waals surface area contributed by atoms with E-state index in [0.717, 1.165) is 26.1 Å². The lowest BCUT2D eigenvalue weighted by molar-refractivity contribution is 0.348. The Morgan fingerprint density at radius 1 is 1.56 bits per heavy atom. The number of likely N-dealkylation sites (tertiary alicyclic amines) is 1. The monoisotopic (exact) mass is 217 g/mol. The van der Waals surface area contributed by atoms with Crippen LogP contribution in [0.3, 0.4) is 0 Å². The summed E-state index contributed by atoms with van der Waals surface area (Å²) in [5, 5.41) is 9.53. The van der Waals surface area contributed by atoms with E-state index in [4.69, 9.17) is 0 Å². The fourth-order valence-corrected chi connectivity index (χ4v) is 2.51. The molecule has 1 heterocycles. The topological polar surface area (TPSA) is 23.5 Å². The van der Waals surface area contributed by atoms with Gasteiger partial charge in [0.2, 0.25) is 0 Å². The molecule has 2 heteroatoms. The van der Waals surface area contributed by atoms with Gasteiger partial charge in [0.15, 0.2) is 0 Å². The number of phenols is 1. The van der Waals surface area contributed by atoms with Crippen LogP contribution in [-0.2, 0) is 5.41 Å². The Bertz CT molecular complexity index is 388. The van der Waals surface area contributed by atoms with E-state index in [1.165, 1.54) is 5.56 Å². The fourth-order valence-electron chi connectivity index (χ4n) is 2.51.